The normalized spacial score (nSPS) is 19.8. The Kier molecular flexibility index (Phi) is 9.61. The van der Waals surface area contributed by atoms with Gasteiger partial charge in [0.1, 0.15) is 17.2 Å². The van der Waals surface area contributed by atoms with Crippen molar-refractivity contribution in [3.8, 4) is 17.2 Å². The second-order valence-corrected chi connectivity index (χ2v) is 7.37. The quantitative estimate of drug-likeness (QED) is 0.341. The highest BCUT2D eigenvalue weighted by molar-refractivity contribution is 14.0. The summed E-state index contributed by atoms with van der Waals surface area (Å²) in [5.74, 6) is 3.27. The number of methoxy groups -OCH3 is 3. The molecule has 8 heteroatoms. The van der Waals surface area contributed by atoms with Gasteiger partial charge in [-0.25, -0.2) is 0 Å². The van der Waals surface area contributed by atoms with E-state index < -0.39 is 0 Å². The van der Waals surface area contributed by atoms with Crippen LogP contribution in [0.2, 0.25) is 0 Å². The Bertz CT molecular complexity index is 655. The minimum Gasteiger partial charge on any atom is -0.496 e. The van der Waals surface area contributed by atoms with Gasteiger partial charge < -0.3 is 24.4 Å². The van der Waals surface area contributed by atoms with Crippen LogP contribution in [0.4, 0.5) is 0 Å². The summed E-state index contributed by atoms with van der Waals surface area (Å²) in [6.45, 7) is 5.39. The summed E-state index contributed by atoms with van der Waals surface area (Å²) < 4.78 is 16.4. The fourth-order valence-corrected chi connectivity index (χ4v) is 4.29. The number of ether oxygens (including phenoxy) is 3. The zero-order valence-corrected chi connectivity index (χ0v) is 20.4. The van der Waals surface area contributed by atoms with Gasteiger partial charge in [-0.2, -0.15) is 0 Å². The molecule has 7 nitrogen and oxygen atoms in total. The van der Waals surface area contributed by atoms with Gasteiger partial charge >= 0.3 is 0 Å². The van der Waals surface area contributed by atoms with E-state index in [0.717, 1.165) is 54.8 Å². The molecule has 1 unspecified atom stereocenters. The van der Waals surface area contributed by atoms with Gasteiger partial charge in [0.15, 0.2) is 5.96 Å². The highest BCUT2D eigenvalue weighted by Crippen LogP contribution is 2.34. The number of guanidine groups is 1. The molecule has 29 heavy (non-hydrogen) atoms. The maximum Gasteiger partial charge on any atom is 0.193 e. The number of halogens is 1. The first-order chi connectivity index (χ1) is 13.7. The Morgan fingerprint density at radius 2 is 1.72 bits per heavy atom. The van der Waals surface area contributed by atoms with Crippen LogP contribution in [0.15, 0.2) is 17.1 Å². The van der Waals surface area contributed by atoms with E-state index in [9.17, 15) is 0 Å². The zero-order chi connectivity index (χ0) is 19.9. The molecular weight excluding hydrogens is 483 g/mol. The fourth-order valence-electron chi connectivity index (χ4n) is 4.29. The first-order valence-corrected chi connectivity index (χ1v) is 10.2. The molecule has 2 saturated heterocycles. The van der Waals surface area contributed by atoms with E-state index in [1.54, 1.807) is 21.3 Å². The summed E-state index contributed by atoms with van der Waals surface area (Å²) >= 11 is 0. The topological polar surface area (TPSA) is 58.6 Å². The predicted octanol–water partition coefficient (Wildman–Crippen LogP) is 2.62. The molecule has 1 aromatic rings. The third-order valence-electron chi connectivity index (χ3n) is 5.81. The van der Waals surface area contributed by atoms with Crippen molar-refractivity contribution in [2.75, 3.05) is 61.1 Å². The molecule has 0 spiro atoms. The molecule has 0 radical (unpaired) electrons. The lowest BCUT2D eigenvalue weighted by molar-refractivity contribution is 0.249. The second kappa shape index (κ2) is 11.7. The maximum atomic E-state index is 5.55. The van der Waals surface area contributed by atoms with E-state index >= 15 is 0 Å². The average Bonchev–Trinajstić information content (AvgIpc) is 3.42. The van der Waals surface area contributed by atoms with Crippen molar-refractivity contribution in [2.24, 2.45) is 4.99 Å². The summed E-state index contributed by atoms with van der Waals surface area (Å²) in [6, 6.07) is 4.46. The van der Waals surface area contributed by atoms with Crippen LogP contribution < -0.4 is 19.5 Å². The lowest BCUT2D eigenvalue weighted by Gasteiger charge is -2.25. The maximum absolute atomic E-state index is 5.55. The van der Waals surface area contributed by atoms with E-state index in [-0.39, 0.29) is 24.0 Å². The van der Waals surface area contributed by atoms with Gasteiger partial charge in [-0.05, 0) is 38.8 Å². The minimum atomic E-state index is 0. The van der Waals surface area contributed by atoms with Crippen molar-refractivity contribution in [1.29, 1.82) is 0 Å². The van der Waals surface area contributed by atoms with Gasteiger partial charge in [-0.15, -0.1) is 24.0 Å². The molecule has 0 bridgehead atoms. The minimum absolute atomic E-state index is 0. The molecule has 3 rings (SSSR count). The standard InChI is InChI=1S/C21H34N4O3.HI/c1-22-21(25-12-8-16(15-25)24-10-5-6-11-24)23-9-7-18-19(27-3)13-17(26-2)14-20(18)28-4;/h13-14,16H,5-12,15H2,1-4H3,(H,22,23);1H. The van der Waals surface area contributed by atoms with Crippen molar-refractivity contribution >= 4 is 29.9 Å². The molecule has 164 valence electrons. The number of hydrogen-bond acceptors (Lipinski definition) is 5. The Hall–Kier alpha value is -1.42. The van der Waals surface area contributed by atoms with Crippen LogP contribution in [0.1, 0.15) is 24.8 Å². The average molecular weight is 518 g/mol. The Morgan fingerprint density at radius 3 is 2.28 bits per heavy atom. The number of aliphatic imine (C=N–C) groups is 1. The van der Waals surface area contributed by atoms with Gasteiger partial charge in [0.05, 0.1) is 21.3 Å². The Balaban J connectivity index is 0.00000300. The van der Waals surface area contributed by atoms with Gasteiger partial charge in [-0.3, -0.25) is 9.89 Å². The lowest BCUT2D eigenvalue weighted by Crippen LogP contribution is -2.43. The van der Waals surface area contributed by atoms with Gasteiger partial charge in [-0.1, -0.05) is 0 Å². The number of rotatable bonds is 7. The number of hydrogen-bond donors (Lipinski definition) is 1. The van der Waals surface area contributed by atoms with E-state index in [2.05, 4.69) is 20.1 Å². The van der Waals surface area contributed by atoms with E-state index in [4.69, 9.17) is 14.2 Å². The summed E-state index contributed by atoms with van der Waals surface area (Å²) in [4.78, 5) is 9.52. The third kappa shape index (κ3) is 5.81. The molecule has 2 aliphatic rings. The first-order valence-electron chi connectivity index (χ1n) is 10.2. The lowest BCUT2D eigenvalue weighted by atomic mass is 10.1. The molecular formula is C21H35IN4O3. The summed E-state index contributed by atoms with van der Waals surface area (Å²) in [5.41, 5.74) is 1.03. The second-order valence-electron chi connectivity index (χ2n) is 7.37. The van der Waals surface area contributed by atoms with Crippen LogP contribution in [0.5, 0.6) is 17.2 Å². The fraction of sp³-hybridized carbons (Fsp3) is 0.667. The van der Waals surface area contributed by atoms with Crippen molar-refractivity contribution in [2.45, 2.75) is 31.7 Å². The van der Waals surface area contributed by atoms with E-state index in [1.807, 2.05) is 19.2 Å². The number of likely N-dealkylation sites (tertiary alicyclic amines) is 2. The SMILES string of the molecule is CN=C(NCCc1c(OC)cc(OC)cc1OC)N1CCC(N2CCCC2)C1.I. The molecule has 1 atom stereocenters. The van der Waals surface area contributed by atoms with Crippen LogP contribution in [0, 0.1) is 0 Å². The van der Waals surface area contributed by atoms with Gasteiger partial charge in [0.25, 0.3) is 0 Å². The van der Waals surface area contributed by atoms with Crippen molar-refractivity contribution in [3.05, 3.63) is 17.7 Å². The van der Waals surface area contributed by atoms with Crippen molar-refractivity contribution < 1.29 is 14.2 Å². The third-order valence-corrected chi connectivity index (χ3v) is 5.81. The molecule has 0 aromatic heterocycles. The molecule has 0 amide bonds. The highest BCUT2D eigenvalue weighted by Gasteiger charge is 2.30. The van der Waals surface area contributed by atoms with E-state index in [0.29, 0.717) is 6.04 Å². The van der Waals surface area contributed by atoms with Crippen molar-refractivity contribution in [1.82, 2.24) is 15.1 Å². The Labute approximate surface area is 191 Å². The Morgan fingerprint density at radius 1 is 1.07 bits per heavy atom. The molecule has 2 heterocycles. The van der Waals surface area contributed by atoms with Crippen LogP contribution in [0.25, 0.3) is 0 Å². The summed E-state index contributed by atoms with van der Waals surface area (Å²) in [6.07, 6.45) is 4.68. The highest BCUT2D eigenvalue weighted by atomic mass is 127. The molecule has 0 aliphatic carbocycles. The molecule has 1 aromatic carbocycles. The summed E-state index contributed by atoms with van der Waals surface area (Å²) in [7, 11) is 6.85. The van der Waals surface area contributed by atoms with Crippen LogP contribution in [-0.2, 0) is 6.42 Å². The van der Waals surface area contributed by atoms with Crippen LogP contribution in [0.3, 0.4) is 0 Å². The van der Waals surface area contributed by atoms with Crippen molar-refractivity contribution in [3.63, 3.8) is 0 Å². The van der Waals surface area contributed by atoms with Gasteiger partial charge in [0, 0.05) is 50.4 Å². The van der Waals surface area contributed by atoms with Gasteiger partial charge in [0.2, 0.25) is 0 Å². The molecule has 2 aliphatic heterocycles. The van der Waals surface area contributed by atoms with Crippen LogP contribution >= 0.6 is 24.0 Å². The molecule has 1 N–H and O–H groups in total. The molecule has 0 saturated carbocycles. The predicted molar refractivity (Wildman–Crippen MR) is 127 cm³/mol. The first kappa shape index (κ1) is 23.9. The number of benzene rings is 1. The summed E-state index contributed by atoms with van der Waals surface area (Å²) in [5, 5.41) is 3.52. The van der Waals surface area contributed by atoms with Crippen LogP contribution in [-0.4, -0.2) is 82.9 Å². The monoisotopic (exact) mass is 518 g/mol. The zero-order valence-electron chi connectivity index (χ0n) is 18.1. The number of nitrogens with one attached hydrogen (secondary N) is 1. The molecule has 2 fully saturated rings. The largest absolute Gasteiger partial charge is 0.496 e. The number of nitrogens with zero attached hydrogens (tertiary/aromatic N) is 3. The smallest absolute Gasteiger partial charge is 0.193 e. The van der Waals surface area contributed by atoms with E-state index in [1.165, 1.54) is 32.4 Å².